The molecule has 0 spiro atoms. The Hall–Kier alpha value is -3.37. The molecular formula is C26H27FN4O2. The van der Waals surface area contributed by atoms with Gasteiger partial charge in [0, 0.05) is 40.8 Å². The number of aromatic nitrogens is 1. The van der Waals surface area contributed by atoms with Gasteiger partial charge >= 0.3 is 0 Å². The van der Waals surface area contributed by atoms with Crippen molar-refractivity contribution in [3.63, 3.8) is 0 Å². The summed E-state index contributed by atoms with van der Waals surface area (Å²) in [5.41, 5.74) is 9.38. The van der Waals surface area contributed by atoms with Crippen LogP contribution in [0.2, 0.25) is 0 Å². The summed E-state index contributed by atoms with van der Waals surface area (Å²) < 4.78 is 20.1. The summed E-state index contributed by atoms with van der Waals surface area (Å²) in [6, 6.07) is 10.7. The molecule has 7 heteroatoms. The predicted molar refractivity (Wildman–Crippen MR) is 124 cm³/mol. The van der Waals surface area contributed by atoms with E-state index in [1.54, 1.807) is 0 Å². The van der Waals surface area contributed by atoms with Crippen molar-refractivity contribution in [1.82, 2.24) is 9.88 Å². The minimum Gasteiger partial charge on any atom is -0.489 e. The number of ether oxygens (including phenoxy) is 1. The van der Waals surface area contributed by atoms with Crippen LogP contribution >= 0.6 is 0 Å². The number of nitrogens with one attached hydrogen (secondary N) is 1. The summed E-state index contributed by atoms with van der Waals surface area (Å²) in [7, 11) is 0. The van der Waals surface area contributed by atoms with Gasteiger partial charge in [-0.05, 0) is 80.5 Å². The van der Waals surface area contributed by atoms with Gasteiger partial charge in [0.1, 0.15) is 6.61 Å². The summed E-state index contributed by atoms with van der Waals surface area (Å²) in [6.45, 7) is 2.26. The second kappa shape index (κ2) is 8.87. The second-order valence-corrected chi connectivity index (χ2v) is 9.16. The van der Waals surface area contributed by atoms with Gasteiger partial charge in [0.2, 0.25) is 5.91 Å². The lowest BCUT2D eigenvalue weighted by atomic mass is 9.95. The van der Waals surface area contributed by atoms with Crippen LogP contribution in [0, 0.1) is 23.1 Å². The number of rotatable bonds is 8. The third-order valence-electron chi connectivity index (χ3n) is 6.83. The first-order valence-corrected chi connectivity index (χ1v) is 11.5. The molecule has 2 heterocycles. The molecule has 0 saturated heterocycles. The van der Waals surface area contributed by atoms with E-state index in [4.69, 9.17) is 10.5 Å². The van der Waals surface area contributed by atoms with Gasteiger partial charge in [-0.1, -0.05) is 0 Å². The van der Waals surface area contributed by atoms with Crippen LogP contribution in [0.1, 0.15) is 46.3 Å². The zero-order valence-electron chi connectivity index (χ0n) is 18.4. The highest BCUT2D eigenvalue weighted by atomic mass is 19.1. The van der Waals surface area contributed by atoms with Crippen molar-refractivity contribution < 1.29 is 13.9 Å². The number of hydrogen-bond donors (Lipinski definition) is 2. The van der Waals surface area contributed by atoms with Crippen LogP contribution in [0.5, 0.6) is 5.75 Å². The monoisotopic (exact) mass is 446 g/mol. The van der Waals surface area contributed by atoms with Crippen molar-refractivity contribution >= 4 is 16.8 Å². The number of carbonyl (C=O) groups is 1. The minimum absolute atomic E-state index is 0.0751. The summed E-state index contributed by atoms with van der Waals surface area (Å²) in [5, 5.41) is 10.3. The van der Waals surface area contributed by atoms with E-state index >= 15 is 0 Å². The molecule has 1 saturated carbocycles. The number of nitrogens with two attached hydrogens (primary N) is 1. The normalized spacial score (nSPS) is 17.5. The topological polar surface area (TPSA) is 95.1 Å². The number of carbonyl (C=O) groups excluding carboxylic acids is 1. The Balaban J connectivity index is 1.31. The Morgan fingerprint density at radius 3 is 2.91 bits per heavy atom. The van der Waals surface area contributed by atoms with Crippen LogP contribution in [0.25, 0.3) is 10.9 Å². The third kappa shape index (κ3) is 4.44. The minimum atomic E-state index is -0.555. The molecule has 0 bridgehead atoms. The van der Waals surface area contributed by atoms with Crippen LogP contribution < -0.4 is 10.5 Å². The maximum absolute atomic E-state index is 14.3. The molecule has 33 heavy (non-hydrogen) atoms. The number of nitrogens with zero attached hydrogens (tertiary/aromatic N) is 2. The quantitative estimate of drug-likeness (QED) is 0.548. The lowest BCUT2D eigenvalue weighted by Gasteiger charge is -2.36. The molecule has 1 atom stereocenters. The SMILES string of the molecule is N#Cc1ccc2[nH]cc(CCCN(CC3CC3)C3COc4c(F)ccc(C(N)=O)c4C3)c2c1. The highest BCUT2D eigenvalue weighted by Crippen LogP contribution is 2.35. The van der Waals surface area contributed by atoms with Crippen molar-refractivity contribution in [2.75, 3.05) is 19.7 Å². The van der Waals surface area contributed by atoms with E-state index in [1.165, 1.54) is 30.5 Å². The molecule has 5 rings (SSSR count). The number of hydrogen-bond acceptors (Lipinski definition) is 4. The van der Waals surface area contributed by atoms with Crippen LogP contribution in [-0.4, -0.2) is 41.5 Å². The average molecular weight is 447 g/mol. The number of nitriles is 1. The maximum atomic E-state index is 14.3. The first kappa shape index (κ1) is 21.5. The zero-order valence-corrected chi connectivity index (χ0v) is 18.4. The Kier molecular flexibility index (Phi) is 5.77. The van der Waals surface area contributed by atoms with Gasteiger partial charge < -0.3 is 15.5 Å². The molecule has 1 amide bonds. The lowest BCUT2D eigenvalue weighted by Crippen LogP contribution is -2.45. The van der Waals surface area contributed by atoms with E-state index in [1.807, 2.05) is 24.4 Å². The Morgan fingerprint density at radius 2 is 2.15 bits per heavy atom. The Bertz CT molecular complexity index is 1240. The zero-order chi connectivity index (χ0) is 22.9. The number of aromatic amines is 1. The van der Waals surface area contributed by atoms with Gasteiger partial charge in [-0.15, -0.1) is 0 Å². The fourth-order valence-electron chi connectivity index (χ4n) is 4.88. The van der Waals surface area contributed by atoms with Gasteiger partial charge in [0.05, 0.1) is 11.6 Å². The highest BCUT2D eigenvalue weighted by molar-refractivity contribution is 5.95. The third-order valence-corrected chi connectivity index (χ3v) is 6.83. The number of primary amides is 1. The second-order valence-electron chi connectivity index (χ2n) is 9.16. The number of halogens is 1. The average Bonchev–Trinajstić information content (AvgIpc) is 3.56. The molecule has 1 fully saturated rings. The number of benzene rings is 2. The predicted octanol–water partition coefficient (Wildman–Crippen LogP) is 3.93. The number of fused-ring (bicyclic) bond motifs is 2. The number of amides is 1. The van der Waals surface area contributed by atoms with Crippen LogP contribution in [0.3, 0.4) is 0 Å². The molecular weight excluding hydrogens is 419 g/mol. The summed E-state index contributed by atoms with van der Waals surface area (Å²) in [5.74, 6) is -0.139. The largest absolute Gasteiger partial charge is 0.489 e. The first-order valence-electron chi connectivity index (χ1n) is 11.5. The lowest BCUT2D eigenvalue weighted by molar-refractivity contribution is 0.0980. The van der Waals surface area contributed by atoms with Crippen molar-refractivity contribution in [1.29, 1.82) is 5.26 Å². The van der Waals surface area contributed by atoms with Crippen LogP contribution in [0.4, 0.5) is 4.39 Å². The molecule has 3 aromatic rings. The van der Waals surface area contributed by atoms with Gasteiger partial charge in [-0.3, -0.25) is 9.69 Å². The molecule has 2 aliphatic rings. The summed E-state index contributed by atoms with van der Waals surface area (Å²) >= 11 is 0. The van der Waals surface area contributed by atoms with Gasteiger partial charge in [0.25, 0.3) is 0 Å². The van der Waals surface area contributed by atoms with Gasteiger partial charge in [-0.2, -0.15) is 5.26 Å². The van der Waals surface area contributed by atoms with Crippen LogP contribution in [0.15, 0.2) is 36.5 Å². The van der Waals surface area contributed by atoms with E-state index in [0.29, 0.717) is 35.6 Å². The number of H-pyrrole nitrogens is 1. The Labute approximate surface area is 192 Å². The van der Waals surface area contributed by atoms with E-state index in [-0.39, 0.29) is 11.8 Å². The molecule has 1 aliphatic heterocycles. The van der Waals surface area contributed by atoms with Crippen molar-refractivity contribution in [2.24, 2.45) is 11.7 Å². The van der Waals surface area contributed by atoms with E-state index in [2.05, 4.69) is 16.0 Å². The van der Waals surface area contributed by atoms with E-state index < -0.39 is 11.7 Å². The molecule has 3 N–H and O–H groups in total. The first-order chi connectivity index (χ1) is 16.0. The van der Waals surface area contributed by atoms with E-state index in [9.17, 15) is 14.4 Å². The standard InChI is InChI=1S/C26H27FN4O2/c27-23-7-6-20(26(29)32)22-11-19(15-33-25(22)23)31(14-16-3-4-16)9-1-2-18-13-30-24-8-5-17(12-28)10-21(18)24/h5-8,10,13,16,19,30H,1-4,9,11,14-15H2,(H2,29,32). The fraction of sp³-hybridized carbons (Fsp3) is 0.385. The van der Waals surface area contributed by atoms with Crippen molar-refractivity contribution in [3.8, 4) is 11.8 Å². The summed E-state index contributed by atoms with van der Waals surface area (Å²) in [4.78, 5) is 17.6. The molecule has 1 unspecified atom stereocenters. The Morgan fingerprint density at radius 1 is 1.30 bits per heavy atom. The van der Waals surface area contributed by atoms with Crippen LogP contribution in [-0.2, 0) is 12.8 Å². The molecule has 1 aromatic heterocycles. The number of aryl methyl sites for hydroxylation is 1. The maximum Gasteiger partial charge on any atom is 0.249 e. The molecule has 1 aliphatic carbocycles. The molecule has 2 aromatic carbocycles. The molecule has 0 radical (unpaired) electrons. The van der Waals surface area contributed by atoms with Gasteiger partial charge in [-0.25, -0.2) is 4.39 Å². The van der Waals surface area contributed by atoms with Gasteiger partial charge in [0.15, 0.2) is 11.6 Å². The summed E-state index contributed by atoms with van der Waals surface area (Å²) in [6.07, 6.45) is 6.89. The molecule has 6 nitrogen and oxygen atoms in total. The molecule has 170 valence electrons. The van der Waals surface area contributed by atoms with Crippen molar-refractivity contribution in [3.05, 3.63) is 64.6 Å². The smallest absolute Gasteiger partial charge is 0.249 e. The van der Waals surface area contributed by atoms with Crippen molar-refractivity contribution in [2.45, 2.75) is 38.1 Å². The fourth-order valence-corrected chi connectivity index (χ4v) is 4.88. The van der Waals surface area contributed by atoms with E-state index in [0.717, 1.165) is 36.8 Å². The highest BCUT2D eigenvalue weighted by Gasteiger charge is 2.33.